The van der Waals surface area contributed by atoms with Gasteiger partial charge in [0.1, 0.15) is 4.90 Å². The Morgan fingerprint density at radius 3 is 2.86 bits per heavy atom. The van der Waals surface area contributed by atoms with Gasteiger partial charge in [-0.1, -0.05) is 6.92 Å². The van der Waals surface area contributed by atoms with Gasteiger partial charge in [0, 0.05) is 44.3 Å². The van der Waals surface area contributed by atoms with E-state index in [-0.39, 0.29) is 10.9 Å². The van der Waals surface area contributed by atoms with Gasteiger partial charge < -0.3 is 4.90 Å². The van der Waals surface area contributed by atoms with Crippen molar-refractivity contribution < 1.29 is 8.42 Å². The van der Waals surface area contributed by atoms with Gasteiger partial charge in [-0.25, -0.2) is 8.42 Å². The molecule has 0 N–H and O–H groups in total. The number of hydrogen-bond acceptors (Lipinski definition) is 4. The maximum atomic E-state index is 12.7. The Morgan fingerprint density at radius 1 is 1.43 bits per heavy atom. The Bertz CT molecular complexity index is 560. The van der Waals surface area contributed by atoms with E-state index in [1.54, 1.807) is 15.2 Å². The van der Waals surface area contributed by atoms with Gasteiger partial charge in [0.25, 0.3) is 0 Å². The minimum absolute atomic E-state index is 0.275. The quantitative estimate of drug-likeness (QED) is 0.734. The van der Waals surface area contributed by atoms with Crippen molar-refractivity contribution in [2.45, 2.75) is 37.2 Å². The summed E-state index contributed by atoms with van der Waals surface area (Å²) < 4.78 is 28.6. The molecule has 0 spiro atoms. The molecule has 0 bridgehead atoms. The third-order valence-corrected chi connectivity index (χ3v) is 6.06. The van der Waals surface area contributed by atoms with Gasteiger partial charge in [0.15, 0.2) is 0 Å². The lowest BCUT2D eigenvalue weighted by Crippen LogP contribution is -2.52. The summed E-state index contributed by atoms with van der Waals surface area (Å²) in [5.41, 5.74) is 0. The number of halogens is 1. The van der Waals surface area contributed by atoms with Crippen LogP contribution in [0.1, 0.15) is 19.8 Å². The third-order valence-electron chi connectivity index (χ3n) is 3.98. The molecule has 1 unspecified atom stereocenters. The number of rotatable bonds is 6. The highest BCUT2D eigenvalue weighted by Gasteiger charge is 2.32. The monoisotopic (exact) mass is 334 g/mol. The molecule has 6 nitrogen and oxygen atoms in total. The minimum atomic E-state index is -3.44. The summed E-state index contributed by atoms with van der Waals surface area (Å²) in [5.74, 6) is 0.540. The van der Waals surface area contributed by atoms with Crippen LogP contribution in [0.4, 0.5) is 0 Å². The minimum Gasteiger partial charge on any atom is -0.301 e. The van der Waals surface area contributed by atoms with E-state index in [0.717, 1.165) is 19.4 Å². The van der Waals surface area contributed by atoms with Crippen LogP contribution in [0.2, 0.25) is 0 Å². The summed E-state index contributed by atoms with van der Waals surface area (Å²) in [5, 5.41) is 4.11. The van der Waals surface area contributed by atoms with Crippen molar-refractivity contribution in [1.29, 1.82) is 0 Å². The van der Waals surface area contributed by atoms with Crippen molar-refractivity contribution >= 4 is 21.6 Å². The number of piperazine rings is 1. The van der Waals surface area contributed by atoms with Gasteiger partial charge in [-0.3, -0.25) is 4.68 Å². The van der Waals surface area contributed by atoms with Crippen molar-refractivity contribution in [3.05, 3.63) is 12.4 Å². The van der Waals surface area contributed by atoms with Crippen LogP contribution >= 0.6 is 11.6 Å². The highest BCUT2D eigenvalue weighted by molar-refractivity contribution is 7.89. The molecule has 1 aromatic rings. The molecule has 1 saturated heterocycles. The second kappa shape index (κ2) is 7.09. The molecular weight excluding hydrogens is 312 g/mol. The molecule has 8 heteroatoms. The van der Waals surface area contributed by atoms with E-state index in [0.29, 0.717) is 25.5 Å². The maximum absolute atomic E-state index is 12.7. The summed E-state index contributed by atoms with van der Waals surface area (Å²) in [6, 6.07) is 0.278. The molecule has 1 atom stereocenters. The summed E-state index contributed by atoms with van der Waals surface area (Å²) in [6.45, 7) is 4.56. The van der Waals surface area contributed by atoms with Crippen LogP contribution in [0.25, 0.3) is 0 Å². The molecule has 21 heavy (non-hydrogen) atoms. The molecular formula is C13H23ClN4O2S. The number of sulfonamides is 1. The van der Waals surface area contributed by atoms with Crippen molar-refractivity contribution in [1.82, 2.24) is 19.0 Å². The number of nitrogens with zero attached hydrogens (tertiary/aromatic N) is 4. The highest BCUT2D eigenvalue weighted by Crippen LogP contribution is 2.20. The van der Waals surface area contributed by atoms with E-state index in [1.165, 1.54) is 6.20 Å². The van der Waals surface area contributed by atoms with Gasteiger partial charge in [-0.15, -0.1) is 11.6 Å². The molecule has 2 rings (SSSR count). The summed E-state index contributed by atoms with van der Waals surface area (Å²) in [7, 11) is -1.40. The fourth-order valence-corrected chi connectivity index (χ4v) is 4.09. The summed E-state index contributed by atoms with van der Waals surface area (Å²) in [6.07, 6.45) is 4.75. The Labute approximate surface area is 131 Å². The SMILES string of the molecule is CCC1CN(S(=O)(=O)c2cnn(CCCCl)c2)CCN1C. The fraction of sp³-hybridized carbons (Fsp3) is 0.769. The first-order valence-electron chi connectivity index (χ1n) is 7.27. The van der Waals surface area contributed by atoms with Gasteiger partial charge in [0.2, 0.25) is 10.0 Å². The normalized spacial score (nSPS) is 21.8. The van der Waals surface area contributed by atoms with Crippen LogP contribution in [-0.4, -0.2) is 66.0 Å². The second-order valence-electron chi connectivity index (χ2n) is 5.39. The fourth-order valence-electron chi connectivity index (χ4n) is 2.55. The predicted octanol–water partition coefficient (Wildman–Crippen LogP) is 1.23. The van der Waals surface area contributed by atoms with Crippen LogP contribution < -0.4 is 0 Å². The molecule has 0 aliphatic carbocycles. The molecule has 0 radical (unpaired) electrons. The summed E-state index contributed by atoms with van der Waals surface area (Å²) >= 11 is 5.64. The van der Waals surface area contributed by atoms with Gasteiger partial charge in [-0.2, -0.15) is 9.40 Å². The van der Waals surface area contributed by atoms with E-state index in [2.05, 4.69) is 16.9 Å². The van der Waals surface area contributed by atoms with Crippen LogP contribution in [0.5, 0.6) is 0 Å². The highest BCUT2D eigenvalue weighted by atomic mass is 35.5. The number of hydrogen-bond donors (Lipinski definition) is 0. The van der Waals surface area contributed by atoms with Crippen LogP contribution in [0, 0.1) is 0 Å². The van der Waals surface area contributed by atoms with Crippen LogP contribution in [-0.2, 0) is 16.6 Å². The number of alkyl halides is 1. The number of aryl methyl sites for hydroxylation is 1. The topological polar surface area (TPSA) is 58.4 Å². The molecule has 0 saturated carbocycles. The Kier molecular flexibility index (Phi) is 5.65. The number of aromatic nitrogens is 2. The first-order valence-corrected chi connectivity index (χ1v) is 9.25. The standard InChI is InChI=1S/C13H23ClN4O2S/c1-3-12-10-18(8-7-16(12)2)21(19,20)13-9-15-17(11-13)6-4-5-14/h9,11-12H,3-8,10H2,1-2H3. The van der Waals surface area contributed by atoms with Gasteiger partial charge in [-0.05, 0) is 19.9 Å². The van der Waals surface area contributed by atoms with E-state index < -0.39 is 10.0 Å². The molecule has 0 amide bonds. The first-order chi connectivity index (χ1) is 9.98. The van der Waals surface area contributed by atoms with Crippen molar-refractivity contribution in [2.24, 2.45) is 0 Å². The molecule has 1 aliphatic rings. The zero-order valence-electron chi connectivity index (χ0n) is 12.6. The maximum Gasteiger partial charge on any atom is 0.246 e. The smallest absolute Gasteiger partial charge is 0.246 e. The lowest BCUT2D eigenvalue weighted by atomic mass is 10.1. The Morgan fingerprint density at radius 2 is 2.19 bits per heavy atom. The lowest BCUT2D eigenvalue weighted by molar-refractivity contribution is 0.144. The first kappa shape index (κ1) is 16.7. The van der Waals surface area contributed by atoms with Crippen molar-refractivity contribution in [3.8, 4) is 0 Å². The molecule has 1 aliphatic heterocycles. The number of likely N-dealkylation sites (N-methyl/N-ethyl adjacent to an activating group) is 1. The zero-order chi connectivity index (χ0) is 15.5. The third kappa shape index (κ3) is 3.77. The molecule has 2 heterocycles. The molecule has 0 aromatic carbocycles. The van der Waals surface area contributed by atoms with Crippen LogP contribution in [0.15, 0.2) is 17.3 Å². The lowest BCUT2D eigenvalue weighted by Gasteiger charge is -2.38. The van der Waals surface area contributed by atoms with Crippen molar-refractivity contribution in [2.75, 3.05) is 32.6 Å². The second-order valence-corrected chi connectivity index (χ2v) is 7.70. The van der Waals surface area contributed by atoms with E-state index in [4.69, 9.17) is 11.6 Å². The largest absolute Gasteiger partial charge is 0.301 e. The van der Waals surface area contributed by atoms with Crippen molar-refractivity contribution in [3.63, 3.8) is 0 Å². The summed E-state index contributed by atoms with van der Waals surface area (Å²) in [4.78, 5) is 2.49. The zero-order valence-corrected chi connectivity index (χ0v) is 14.1. The molecule has 120 valence electrons. The van der Waals surface area contributed by atoms with E-state index in [1.807, 2.05) is 7.05 Å². The molecule has 1 aromatic heterocycles. The average molecular weight is 335 g/mol. The van der Waals surface area contributed by atoms with Crippen LogP contribution in [0.3, 0.4) is 0 Å². The van der Waals surface area contributed by atoms with E-state index in [9.17, 15) is 8.42 Å². The molecule has 1 fully saturated rings. The Balaban J connectivity index is 2.12. The average Bonchev–Trinajstić information content (AvgIpc) is 2.95. The predicted molar refractivity (Wildman–Crippen MR) is 83.0 cm³/mol. The van der Waals surface area contributed by atoms with Gasteiger partial charge in [0.05, 0.1) is 6.20 Å². The Hall–Kier alpha value is -0.630. The van der Waals surface area contributed by atoms with Gasteiger partial charge >= 0.3 is 0 Å². The van der Waals surface area contributed by atoms with E-state index >= 15 is 0 Å².